The smallest absolute Gasteiger partial charge is 0.161 e. The molecule has 1 rings (SSSR count). The molecule has 0 atom stereocenters. The molecule has 0 heterocycles. The molecule has 0 aliphatic rings. The third-order valence-electron chi connectivity index (χ3n) is 2.58. The van der Waals surface area contributed by atoms with Gasteiger partial charge in [-0.25, -0.2) is 13.2 Å². The largest absolute Gasteiger partial charge is 0.380 e. The summed E-state index contributed by atoms with van der Waals surface area (Å²) in [5.74, 6) is -2.35. The molecule has 2 nitrogen and oxygen atoms in total. The zero-order valence-electron chi connectivity index (χ0n) is 11.3. The van der Waals surface area contributed by atoms with E-state index in [2.05, 4.69) is 19.2 Å². The lowest BCUT2D eigenvalue weighted by molar-refractivity contribution is 0.137. The average Bonchev–Trinajstić information content (AvgIpc) is 2.33. The molecule has 0 saturated heterocycles. The summed E-state index contributed by atoms with van der Waals surface area (Å²) in [6.45, 7) is 6.66. The molecule has 1 N–H and O–H groups in total. The van der Waals surface area contributed by atoms with E-state index in [4.69, 9.17) is 4.74 Å². The Morgan fingerprint density at radius 2 is 1.74 bits per heavy atom. The summed E-state index contributed by atoms with van der Waals surface area (Å²) < 4.78 is 44.2. The van der Waals surface area contributed by atoms with E-state index in [1.807, 2.05) is 0 Å². The minimum Gasteiger partial charge on any atom is -0.380 e. The van der Waals surface area contributed by atoms with Crippen molar-refractivity contribution in [1.82, 2.24) is 5.32 Å². The maximum atomic E-state index is 13.3. The van der Waals surface area contributed by atoms with Gasteiger partial charge in [-0.3, -0.25) is 0 Å². The molecule has 0 aromatic heterocycles. The fourth-order valence-corrected chi connectivity index (χ4v) is 1.57. The van der Waals surface area contributed by atoms with Crippen molar-refractivity contribution in [2.24, 2.45) is 5.92 Å². The standard InChI is InChI=1S/C14H20F3NO/c1-10(2)9-18-4-6-19-5-3-11-7-13(16)14(17)8-12(11)15/h7-8,10,18H,3-6,9H2,1-2H3. The van der Waals surface area contributed by atoms with E-state index in [0.717, 1.165) is 19.2 Å². The van der Waals surface area contributed by atoms with Crippen molar-refractivity contribution in [2.75, 3.05) is 26.3 Å². The van der Waals surface area contributed by atoms with Crippen molar-refractivity contribution in [3.63, 3.8) is 0 Å². The van der Waals surface area contributed by atoms with E-state index in [9.17, 15) is 13.2 Å². The van der Waals surface area contributed by atoms with Gasteiger partial charge in [0.2, 0.25) is 0 Å². The summed E-state index contributed by atoms with van der Waals surface area (Å²) in [5, 5.41) is 3.20. The van der Waals surface area contributed by atoms with Gasteiger partial charge in [0.15, 0.2) is 11.6 Å². The van der Waals surface area contributed by atoms with Gasteiger partial charge in [0.05, 0.1) is 13.2 Å². The van der Waals surface area contributed by atoms with Crippen LogP contribution in [0.2, 0.25) is 0 Å². The number of benzene rings is 1. The first kappa shape index (κ1) is 16.0. The van der Waals surface area contributed by atoms with Crippen LogP contribution in [0.5, 0.6) is 0 Å². The van der Waals surface area contributed by atoms with Gasteiger partial charge in [0, 0.05) is 12.6 Å². The summed E-state index contributed by atoms with van der Waals surface area (Å²) in [4.78, 5) is 0. The topological polar surface area (TPSA) is 21.3 Å². The van der Waals surface area contributed by atoms with Crippen LogP contribution >= 0.6 is 0 Å². The van der Waals surface area contributed by atoms with Gasteiger partial charge in [-0.15, -0.1) is 0 Å². The molecule has 0 aliphatic carbocycles. The second-order valence-electron chi connectivity index (χ2n) is 4.82. The van der Waals surface area contributed by atoms with Crippen LogP contribution in [0.1, 0.15) is 19.4 Å². The third-order valence-corrected chi connectivity index (χ3v) is 2.58. The van der Waals surface area contributed by atoms with Crippen molar-refractivity contribution >= 4 is 0 Å². The molecular weight excluding hydrogens is 255 g/mol. The van der Waals surface area contributed by atoms with E-state index in [1.165, 1.54) is 0 Å². The molecule has 0 amide bonds. The van der Waals surface area contributed by atoms with Gasteiger partial charge in [-0.2, -0.15) is 0 Å². The third kappa shape index (κ3) is 6.07. The lowest BCUT2D eigenvalue weighted by Crippen LogP contribution is -2.24. The van der Waals surface area contributed by atoms with Crippen LogP contribution in [0, 0.1) is 23.4 Å². The van der Waals surface area contributed by atoms with Crippen molar-refractivity contribution in [3.8, 4) is 0 Å². The van der Waals surface area contributed by atoms with Crippen molar-refractivity contribution in [2.45, 2.75) is 20.3 Å². The summed E-state index contributed by atoms with van der Waals surface area (Å²) >= 11 is 0. The predicted octanol–water partition coefficient (Wildman–Crippen LogP) is 2.91. The van der Waals surface area contributed by atoms with E-state index in [1.54, 1.807) is 0 Å². The van der Waals surface area contributed by atoms with Crippen LogP contribution in [0.25, 0.3) is 0 Å². The van der Waals surface area contributed by atoms with Crippen LogP contribution in [0.15, 0.2) is 12.1 Å². The highest BCUT2D eigenvalue weighted by Gasteiger charge is 2.09. The molecule has 0 aliphatic heterocycles. The maximum Gasteiger partial charge on any atom is 0.161 e. The Labute approximate surface area is 112 Å². The molecular formula is C14H20F3NO. The summed E-state index contributed by atoms with van der Waals surface area (Å²) in [5.41, 5.74) is 0.133. The van der Waals surface area contributed by atoms with Crippen LogP contribution in [-0.4, -0.2) is 26.3 Å². The lowest BCUT2D eigenvalue weighted by Gasteiger charge is -2.08. The molecule has 0 unspecified atom stereocenters. The van der Waals surface area contributed by atoms with Gasteiger partial charge < -0.3 is 10.1 Å². The van der Waals surface area contributed by atoms with Gasteiger partial charge in [0.1, 0.15) is 5.82 Å². The molecule has 1 aromatic rings. The number of hydrogen-bond acceptors (Lipinski definition) is 2. The van der Waals surface area contributed by atoms with Crippen LogP contribution < -0.4 is 5.32 Å². The highest BCUT2D eigenvalue weighted by Crippen LogP contribution is 2.14. The first-order chi connectivity index (χ1) is 9.00. The number of nitrogens with one attached hydrogen (secondary N) is 1. The van der Waals surface area contributed by atoms with Crippen molar-refractivity contribution in [3.05, 3.63) is 35.1 Å². The van der Waals surface area contributed by atoms with Gasteiger partial charge in [-0.05, 0) is 30.5 Å². The number of halogens is 3. The Morgan fingerprint density at radius 3 is 2.42 bits per heavy atom. The van der Waals surface area contributed by atoms with E-state index >= 15 is 0 Å². The quantitative estimate of drug-likeness (QED) is 0.582. The average molecular weight is 275 g/mol. The van der Waals surface area contributed by atoms with Gasteiger partial charge in [0.25, 0.3) is 0 Å². The molecule has 0 radical (unpaired) electrons. The Bertz CT molecular complexity index is 397. The van der Waals surface area contributed by atoms with E-state index in [-0.39, 0.29) is 18.6 Å². The summed E-state index contributed by atoms with van der Waals surface area (Å²) in [6, 6.07) is 1.44. The molecule has 5 heteroatoms. The molecule has 0 fully saturated rings. The monoisotopic (exact) mass is 275 g/mol. The molecule has 0 bridgehead atoms. The molecule has 0 spiro atoms. The minimum atomic E-state index is -1.17. The lowest BCUT2D eigenvalue weighted by atomic mass is 10.1. The molecule has 0 saturated carbocycles. The van der Waals surface area contributed by atoms with Crippen LogP contribution in [-0.2, 0) is 11.2 Å². The summed E-state index contributed by atoms with van der Waals surface area (Å²) in [7, 11) is 0. The van der Waals surface area contributed by atoms with Crippen molar-refractivity contribution in [1.29, 1.82) is 0 Å². The number of rotatable bonds is 8. The first-order valence-corrected chi connectivity index (χ1v) is 6.42. The van der Waals surface area contributed by atoms with Gasteiger partial charge >= 0.3 is 0 Å². The molecule has 19 heavy (non-hydrogen) atoms. The zero-order chi connectivity index (χ0) is 14.3. The predicted molar refractivity (Wildman–Crippen MR) is 68.5 cm³/mol. The van der Waals surface area contributed by atoms with Crippen LogP contribution in [0.3, 0.4) is 0 Å². The fraction of sp³-hybridized carbons (Fsp3) is 0.571. The Morgan fingerprint density at radius 1 is 1.05 bits per heavy atom. The SMILES string of the molecule is CC(C)CNCCOCCc1cc(F)c(F)cc1F. The Kier molecular flexibility index (Phi) is 6.87. The molecule has 108 valence electrons. The normalized spacial score (nSPS) is 11.3. The number of ether oxygens (including phenoxy) is 1. The fourth-order valence-electron chi connectivity index (χ4n) is 1.57. The minimum absolute atomic E-state index is 0.133. The molecule has 1 aromatic carbocycles. The van der Waals surface area contributed by atoms with E-state index < -0.39 is 17.5 Å². The second-order valence-corrected chi connectivity index (χ2v) is 4.82. The second kappa shape index (κ2) is 8.17. The maximum absolute atomic E-state index is 13.3. The Balaban J connectivity index is 2.21. The summed E-state index contributed by atoms with van der Waals surface area (Å²) in [6.07, 6.45) is 0.229. The highest BCUT2D eigenvalue weighted by molar-refractivity contribution is 5.20. The zero-order valence-corrected chi connectivity index (χ0v) is 11.3. The first-order valence-electron chi connectivity index (χ1n) is 6.42. The van der Waals surface area contributed by atoms with E-state index in [0.29, 0.717) is 18.6 Å². The Hall–Kier alpha value is -1.07. The highest BCUT2D eigenvalue weighted by atomic mass is 19.2. The van der Waals surface area contributed by atoms with Crippen molar-refractivity contribution < 1.29 is 17.9 Å². The number of hydrogen-bond donors (Lipinski definition) is 1. The van der Waals surface area contributed by atoms with Crippen LogP contribution in [0.4, 0.5) is 13.2 Å². The van der Waals surface area contributed by atoms with Gasteiger partial charge in [-0.1, -0.05) is 13.8 Å².